The number of nitrogens with one attached hydrogen (secondary N) is 1. The highest BCUT2D eigenvalue weighted by molar-refractivity contribution is 7.09. The molecule has 124 valence electrons. The quantitative estimate of drug-likeness (QED) is 0.771. The van der Waals surface area contributed by atoms with Crippen LogP contribution in [0.2, 0.25) is 0 Å². The van der Waals surface area contributed by atoms with Gasteiger partial charge in [0, 0.05) is 36.2 Å². The van der Waals surface area contributed by atoms with Crippen molar-refractivity contribution in [3.05, 3.63) is 34.4 Å². The molecule has 0 radical (unpaired) electrons. The molecule has 0 aliphatic heterocycles. The Morgan fingerprint density at radius 3 is 2.96 bits per heavy atom. The number of anilines is 1. The molecule has 3 heterocycles. The van der Waals surface area contributed by atoms with Gasteiger partial charge in [-0.15, -0.1) is 11.3 Å². The van der Waals surface area contributed by atoms with Crippen molar-refractivity contribution in [2.45, 2.75) is 45.1 Å². The van der Waals surface area contributed by atoms with Crippen LogP contribution < -0.4 is 5.32 Å². The van der Waals surface area contributed by atoms with E-state index >= 15 is 0 Å². The molecule has 6 nitrogen and oxygen atoms in total. The molecule has 0 aromatic carbocycles. The molecular weight excluding hydrogens is 322 g/mol. The Morgan fingerprint density at radius 1 is 1.38 bits per heavy atom. The molecule has 3 aromatic rings. The summed E-state index contributed by atoms with van der Waals surface area (Å²) in [6.07, 6.45) is 6.28. The van der Waals surface area contributed by atoms with Gasteiger partial charge in [-0.3, -0.25) is 14.7 Å². The predicted octanol–water partition coefficient (Wildman–Crippen LogP) is 3.49. The average Bonchev–Trinajstić information content (AvgIpc) is 3.13. The van der Waals surface area contributed by atoms with Crippen molar-refractivity contribution in [1.29, 1.82) is 0 Å². The number of aryl methyl sites for hydroxylation is 2. The van der Waals surface area contributed by atoms with Crippen molar-refractivity contribution in [3.63, 3.8) is 0 Å². The number of thiazole rings is 1. The molecule has 1 N–H and O–H groups in total. The highest BCUT2D eigenvalue weighted by Gasteiger charge is 2.26. The van der Waals surface area contributed by atoms with Gasteiger partial charge in [0.15, 0.2) is 5.65 Å². The molecule has 3 aromatic heterocycles. The van der Waals surface area contributed by atoms with E-state index in [2.05, 4.69) is 24.8 Å². The minimum atomic E-state index is -0.0298. The van der Waals surface area contributed by atoms with E-state index in [0.29, 0.717) is 24.8 Å². The first-order chi connectivity index (χ1) is 11.7. The first kappa shape index (κ1) is 15.3. The summed E-state index contributed by atoms with van der Waals surface area (Å²) >= 11 is 1.58. The van der Waals surface area contributed by atoms with Gasteiger partial charge in [-0.25, -0.2) is 15.0 Å². The minimum Gasteiger partial charge on any atom is -0.296 e. The van der Waals surface area contributed by atoms with Gasteiger partial charge in [0.2, 0.25) is 11.9 Å². The fraction of sp³-hybridized carbons (Fsp3) is 0.412. The molecule has 4 rings (SSSR count). The van der Waals surface area contributed by atoms with E-state index in [1.807, 2.05) is 24.4 Å². The van der Waals surface area contributed by atoms with Gasteiger partial charge in [0.1, 0.15) is 5.52 Å². The molecule has 0 atom stereocenters. The SMILES string of the molecule is Cc1ccc2nc(NC(=O)CCc3nccs3)n(C3CCC3)c2n1. The van der Waals surface area contributed by atoms with Crippen molar-refractivity contribution < 1.29 is 4.79 Å². The lowest BCUT2D eigenvalue weighted by molar-refractivity contribution is -0.116. The van der Waals surface area contributed by atoms with Crippen LogP contribution in [0.1, 0.15) is 42.4 Å². The van der Waals surface area contributed by atoms with E-state index in [1.165, 1.54) is 6.42 Å². The number of rotatable bonds is 5. The summed E-state index contributed by atoms with van der Waals surface area (Å²) in [7, 11) is 0. The summed E-state index contributed by atoms with van der Waals surface area (Å²) < 4.78 is 2.10. The normalized spacial score (nSPS) is 14.7. The lowest BCUT2D eigenvalue weighted by Crippen LogP contribution is -2.22. The smallest absolute Gasteiger partial charge is 0.227 e. The van der Waals surface area contributed by atoms with Crippen LogP contribution in [0.3, 0.4) is 0 Å². The molecular formula is C17H19N5OS. The zero-order chi connectivity index (χ0) is 16.5. The van der Waals surface area contributed by atoms with Gasteiger partial charge >= 0.3 is 0 Å². The standard InChI is InChI=1S/C17H19N5OS/c1-11-5-6-13-16(19-11)22(12-3-2-4-12)17(20-13)21-14(23)7-8-15-18-9-10-24-15/h5-6,9-10,12H,2-4,7-8H2,1H3,(H,20,21,23). The highest BCUT2D eigenvalue weighted by atomic mass is 32.1. The van der Waals surface area contributed by atoms with Crippen molar-refractivity contribution >= 4 is 34.4 Å². The summed E-state index contributed by atoms with van der Waals surface area (Å²) in [5.74, 6) is 0.592. The Kier molecular flexibility index (Phi) is 4.02. The van der Waals surface area contributed by atoms with Gasteiger partial charge in [-0.2, -0.15) is 0 Å². The third-order valence-electron chi connectivity index (χ3n) is 4.42. The van der Waals surface area contributed by atoms with Crippen LogP contribution in [0.25, 0.3) is 11.2 Å². The number of fused-ring (bicyclic) bond motifs is 1. The molecule has 1 amide bonds. The van der Waals surface area contributed by atoms with Crippen LogP contribution in [0.5, 0.6) is 0 Å². The zero-order valence-electron chi connectivity index (χ0n) is 13.5. The molecule has 0 unspecified atom stereocenters. The monoisotopic (exact) mass is 341 g/mol. The second kappa shape index (κ2) is 6.32. The number of imidazole rings is 1. The van der Waals surface area contributed by atoms with E-state index in [1.54, 1.807) is 17.5 Å². The maximum Gasteiger partial charge on any atom is 0.227 e. The zero-order valence-corrected chi connectivity index (χ0v) is 14.3. The Labute approximate surface area is 144 Å². The molecule has 1 saturated carbocycles. The van der Waals surface area contributed by atoms with Crippen LogP contribution >= 0.6 is 11.3 Å². The van der Waals surface area contributed by atoms with Crippen LogP contribution in [-0.4, -0.2) is 25.4 Å². The third kappa shape index (κ3) is 2.91. The minimum absolute atomic E-state index is 0.0298. The van der Waals surface area contributed by atoms with Crippen LogP contribution in [0.4, 0.5) is 5.95 Å². The highest BCUT2D eigenvalue weighted by Crippen LogP contribution is 2.36. The number of nitrogens with zero attached hydrogens (tertiary/aromatic N) is 4. The molecule has 1 aliphatic rings. The maximum absolute atomic E-state index is 12.3. The Hall–Kier alpha value is -2.28. The van der Waals surface area contributed by atoms with Crippen molar-refractivity contribution in [2.24, 2.45) is 0 Å². The third-order valence-corrected chi connectivity index (χ3v) is 5.26. The van der Waals surface area contributed by atoms with Gasteiger partial charge in [0.05, 0.1) is 5.01 Å². The number of carbonyl (C=O) groups excluding carboxylic acids is 1. The van der Waals surface area contributed by atoms with Gasteiger partial charge in [-0.05, 0) is 38.3 Å². The number of aromatic nitrogens is 4. The first-order valence-corrected chi connectivity index (χ1v) is 9.12. The number of carbonyl (C=O) groups is 1. The van der Waals surface area contributed by atoms with Crippen molar-refractivity contribution in [1.82, 2.24) is 19.5 Å². The Bertz CT molecular complexity index is 867. The Morgan fingerprint density at radius 2 is 2.25 bits per heavy atom. The summed E-state index contributed by atoms with van der Waals surface area (Å²) in [6.45, 7) is 1.98. The van der Waals surface area contributed by atoms with Crippen LogP contribution in [-0.2, 0) is 11.2 Å². The van der Waals surface area contributed by atoms with Crippen LogP contribution in [0, 0.1) is 6.92 Å². The molecule has 1 fully saturated rings. The topological polar surface area (TPSA) is 72.7 Å². The van der Waals surface area contributed by atoms with E-state index in [-0.39, 0.29) is 5.91 Å². The van der Waals surface area contributed by atoms with E-state index in [0.717, 1.165) is 34.7 Å². The molecule has 0 spiro atoms. The number of hydrogen-bond donors (Lipinski definition) is 1. The lowest BCUT2D eigenvalue weighted by Gasteiger charge is -2.28. The lowest BCUT2D eigenvalue weighted by atomic mass is 9.93. The summed E-state index contributed by atoms with van der Waals surface area (Å²) in [5.41, 5.74) is 2.67. The molecule has 1 aliphatic carbocycles. The van der Waals surface area contributed by atoms with Crippen molar-refractivity contribution in [3.8, 4) is 0 Å². The van der Waals surface area contributed by atoms with E-state index in [4.69, 9.17) is 0 Å². The second-order valence-corrected chi connectivity index (χ2v) is 7.14. The predicted molar refractivity (Wildman–Crippen MR) is 94.2 cm³/mol. The fourth-order valence-electron chi connectivity index (χ4n) is 2.93. The van der Waals surface area contributed by atoms with E-state index < -0.39 is 0 Å². The fourth-order valence-corrected chi connectivity index (χ4v) is 3.55. The molecule has 24 heavy (non-hydrogen) atoms. The molecule has 7 heteroatoms. The van der Waals surface area contributed by atoms with Crippen LogP contribution in [0.15, 0.2) is 23.7 Å². The van der Waals surface area contributed by atoms with Crippen molar-refractivity contribution in [2.75, 3.05) is 5.32 Å². The molecule has 0 bridgehead atoms. The number of hydrogen-bond acceptors (Lipinski definition) is 5. The van der Waals surface area contributed by atoms with Gasteiger partial charge in [0.25, 0.3) is 0 Å². The van der Waals surface area contributed by atoms with E-state index in [9.17, 15) is 4.79 Å². The average molecular weight is 341 g/mol. The summed E-state index contributed by atoms with van der Waals surface area (Å²) in [4.78, 5) is 25.8. The largest absolute Gasteiger partial charge is 0.296 e. The summed E-state index contributed by atoms with van der Waals surface area (Å²) in [6, 6.07) is 4.31. The van der Waals surface area contributed by atoms with Gasteiger partial charge < -0.3 is 0 Å². The number of amides is 1. The Balaban J connectivity index is 1.57. The first-order valence-electron chi connectivity index (χ1n) is 8.24. The molecule has 0 saturated heterocycles. The second-order valence-electron chi connectivity index (χ2n) is 6.16. The number of pyridine rings is 1. The summed E-state index contributed by atoms with van der Waals surface area (Å²) in [5, 5.41) is 5.89. The maximum atomic E-state index is 12.3. The van der Waals surface area contributed by atoms with Gasteiger partial charge in [-0.1, -0.05) is 0 Å².